The van der Waals surface area contributed by atoms with Crippen LogP contribution in [-0.4, -0.2) is 44.7 Å². The minimum atomic E-state index is -0.497. The number of rotatable bonds is 7. The smallest absolute Gasteiger partial charge is 0.321 e. The first-order chi connectivity index (χ1) is 15.7. The number of hydrogen-bond donors (Lipinski definition) is 4. The van der Waals surface area contributed by atoms with Gasteiger partial charge in [-0.05, 0) is 12.1 Å². The van der Waals surface area contributed by atoms with Crippen LogP contribution in [0.15, 0.2) is 83.5 Å². The summed E-state index contributed by atoms with van der Waals surface area (Å²) >= 11 is 0. The number of carbonyl (C=O) groups is 2. The summed E-state index contributed by atoms with van der Waals surface area (Å²) in [7, 11) is 0. The minimum absolute atomic E-state index is 0.251. The molecule has 1 aromatic heterocycles. The second kappa shape index (κ2) is 10.7. The zero-order valence-electron chi connectivity index (χ0n) is 18.1. The van der Waals surface area contributed by atoms with Gasteiger partial charge in [0, 0.05) is 11.1 Å². The van der Waals surface area contributed by atoms with Crippen LogP contribution in [0.3, 0.4) is 0 Å². The monoisotopic (exact) mass is 434 g/mol. The first-order valence-electron chi connectivity index (χ1n) is 11.1. The Morgan fingerprint density at radius 2 is 1.47 bits per heavy atom. The van der Waals surface area contributed by atoms with E-state index in [4.69, 9.17) is 4.42 Å². The van der Waals surface area contributed by atoms with Gasteiger partial charge in [-0.1, -0.05) is 60.7 Å². The average molecular weight is 435 g/mol. The van der Waals surface area contributed by atoms with Gasteiger partial charge in [0.15, 0.2) is 6.54 Å². The summed E-state index contributed by atoms with van der Waals surface area (Å²) in [6.45, 7) is 4.23. The molecule has 0 atom stereocenters. The first kappa shape index (κ1) is 21.8. The predicted octanol–water partition coefficient (Wildman–Crippen LogP) is 0.178. The highest BCUT2D eigenvalue weighted by Crippen LogP contribution is 2.18. The third-order valence-corrected chi connectivity index (χ3v) is 5.94. The lowest BCUT2D eigenvalue weighted by Gasteiger charge is -2.34. The van der Waals surface area contributed by atoms with Gasteiger partial charge in [-0.25, -0.2) is 4.79 Å². The van der Waals surface area contributed by atoms with Gasteiger partial charge in [-0.2, -0.15) is 0 Å². The van der Waals surface area contributed by atoms with Crippen LogP contribution in [0.4, 0.5) is 4.79 Å². The number of imide groups is 1. The summed E-state index contributed by atoms with van der Waals surface area (Å²) in [6.07, 6.45) is 1.55. The van der Waals surface area contributed by atoms with Crippen LogP contribution in [0.5, 0.6) is 0 Å². The highest BCUT2D eigenvalue weighted by Gasteiger charge is 2.32. The third-order valence-electron chi connectivity index (χ3n) is 5.94. The van der Waals surface area contributed by atoms with E-state index in [1.54, 1.807) is 18.4 Å². The molecule has 0 aliphatic carbocycles. The third kappa shape index (κ3) is 5.84. The lowest BCUT2D eigenvalue weighted by atomic mass is 9.96. The fraction of sp³-hybridized carbons (Fsp3) is 0.280. The molecule has 166 valence electrons. The van der Waals surface area contributed by atoms with E-state index in [1.165, 1.54) is 20.9 Å². The van der Waals surface area contributed by atoms with E-state index in [-0.39, 0.29) is 18.5 Å². The van der Waals surface area contributed by atoms with Crippen LogP contribution in [0, 0.1) is 0 Å². The Hall–Kier alpha value is -3.42. The SMILES string of the molecule is O=C(C[NH+]1CC[NH+](C(c2ccccc2)c2ccccc2)CC1)NC(=O)NCc1ccco1. The number of carbonyl (C=O) groups excluding carboxylic acids is 2. The fourth-order valence-corrected chi connectivity index (χ4v) is 4.37. The highest BCUT2D eigenvalue weighted by molar-refractivity contribution is 5.94. The van der Waals surface area contributed by atoms with Crippen LogP contribution in [0.25, 0.3) is 0 Å². The Balaban J connectivity index is 1.29. The van der Waals surface area contributed by atoms with Crippen molar-refractivity contribution in [3.63, 3.8) is 0 Å². The molecule has 1 aliphatic heterocycles. The second-order valence-corrected chi connectivity index (χ2v) is 8.15. The summed E-state index contributed by atoms with van der Waals surface area (Å²) in [5.74, 6) is 0.381. The van der Waals surface area contributed by atoms with Crippen molar-refractivity contribution in [3.8, 4) is 0 Å². The molecule has 0 radical (unpaired) electrons. The van der Waals surface area contributed by atoms with Crippen LogP contribution in [0.1, 0.15) is 22.9 Å². The van der Waals surface area contributed by atoms with E-state index in [2.05, 4.69) is 59.2 Å². The van der Waals surface area contributed by atoms with Crippen molar-refractivity contribution in [3.05, 3.63) is 95.9 Å². The maximum absolute atomic E-state index is 12.3. The van der Waals surface area contributed by atoms with Crippen molar-refractivity contribution in [2.24, 2.45) is 0 Å². The largest absolute Gasteiger partial charge is 0.467 e. The maximum Gasteiger partial charge on any atom is 0.321 e. The first-order valence-corrected chi connectivity index (χ1v) is 11.1. The maximum atomic E-state index is 12.3. The van der Waals surface area contributed by atoms with E-state index in [9.17, 15) is 9.59 Å². The molecule has 4 N–H and O–H groups in total. The zero-order valence-corrected chi connectivity index (χ0v) is 18.1. The van der Waals surface area contributed by atoms with E-state index in [0.717, 1.165) is 26.2 Å². The number of benzene rings is 2. The van der Waals surface area contributed by atoms with Gasteiger partial charge in [-0.3, -0.25) is 10.1 Å². The van der Waals surface area contributed by atoms with Crippen molar-refractivity contribution < 1.29 is 23.8 Å². The van der Waals surface area contributed by atoms with Crippen molar-refractivity contribution in [2.45, 2.75) is 12.6 Å². The van der Waals surface area contributed by atoms with Gasteiger partial charge in [0.2, 0.25) is 0 Å². The molecule has 4 rings (SSSR count). The van der Waals surface area contributed by atoms with Gasteiger partial charge in [0.05, 0.1) is 12.8 Å². The van der Waals surface area contributed by atoms with Crippen LogP contribution in [0.2, 0.25) is 0 Å². The number of amides is 3. The molecular formula is C25H30N4O3+2. The lowest BCUT2D eigenvalue weighted by Crippen LogP contribution is -3.28. The lowest BCUT2D eigenvalue weighted by molar-refractivity contribution is -1.02. The van der Waals surface area contributed by atoms with Gasteiger partial charge >= 0.3 is 6.03 Å². The van der Waals surface area contributed by atoms with E-state index in [1.807, 2.05) is 12.1 Å². The highest BCUT2D eigenvalue weighted by atomic mass is 16.3. The molecular weight excluding hydrogens is 404 g/mol. The quantitative estimate of drug-likeness (QED) is 0.428. The number of piperazine rings is 1. The van der Waals surface area contributed by atoms with Gasteiger partial charge in [0.25, 0.3) is 5.91 Å². The molecule has 1 saturated heterocycles. The van der Waals surface area contributed by atoms with Crippen molar-refractivity contribution in [2.75, 3.05) is 32.7 Å². The topological polar surface area (TPSA) is 80.2 Å². The molecule has 0 saturated carbocycles. The van der Waals surface area contributed by atoms with Crippen LogP contribution >= 0.6 is 0 Å². The van der Waals surface area contributed by atoms with Crippen LogP contribution < -0.4 is 20.4 Å². The van der Waals surface area contributed by atoms with Gasteiger partial charge < -0.3 is 19.5 Å². The summed E-state index contributed by atoms with van der Waals surface area (Å²) in [5.41, 5.74) is 2.62. The van der Waals surface area contributed by atoms with Gasteiger partial charge in [0.1, 0.15) is 38.0 Å². The molecule has 0 spiro atoms. The summed E-state index contributed by atoms with van der Waals surface area (Å²) in [6, 6.07) is 24.5. The number of furan rings is 1. The van der Waals surface area contributed by atoms with E-state index in [0.29, 0.717) is 12.3 Å². The standard InChI is InChI=1S/C25H28N4O3/c30-23(27-25(31)26-18-22-12-7-17-32-22)19-28-13-15-29(16-14-28)24(20-8-3-1-4-9-20)21-10-5-2-6-11-21/h1-12,17,24H,13-16,18-19H2,(H2,26,27,30,31)/p+2. The molecule has 1 aliphatic rings. The second-order valence-electron chi connectivity index (χ2n) is 8.15. The number of nitrogens with one attached hydrogen (secondary N) is 4. The number of urea groups is 1. The minimum Gasteiger partial charge on any atom is -0.467 e. The molecule has 2 aromatic carbocycles. The van der Waals surface area contributed by atoms with Crippen molar-refractivity contribution in [1.82, 2.24) is 10.6 Å². The molecule has 7 heteroatoms. The zero-order chi connectivity index (χ0) is 22.2. The molecule has 0 bridgehead atoms. The van der Waals surface area contributed by atoms with Crippen molar-refractivity contribution in [1.29, 1.82) is 0 Å². The number of quaternary nitrogens is 2. The molecule has 0 unspecified atom stereocenters. The molecule has 7 nitrogen and oxygen atoms in total. The predicted molar refractivity (Wildman–Crippen MR) is 120 cm³/mol. The molecule has 3 amide bonds. The van der Waals surface area contributed by atoms with E-state index >= 15 is 0 Å². The average Bonchev–Trinajstić information content (AvgIpc) is 3.34. The van der Waals surface area contributed by atoms with Crippen LogP contribution in [-0.2, 0) is 11.3 Å². The normalized spacial score (nSPS) is 18.3. The molecule has 2 heterocycles. The summed E-state index contributed by atoms with van der Waals surface area (Å²) < 4.78 is 5.17. The Kier molecular flexibility index (Phi) is 7.32. The number of hydrogen-bond acceptors (Lipinski definition) is 3. The molecule has 3 aromatic rings. The van der Waals surface area contributed by atoms with Crippen molar-refractivity contribution >= 4 is 11.9 Å². The Morgan fingerprint density at radius 3 is 2.03 bits per heavy atom. The Morgan fingerprint density at radius 1 is 0.844 bits per heavy atom. The Labute approximate surface area is 188 Å². The van der Waals surface area contributed by atoms with E-state index < -0.39 is 6.03 Å². The Bertz CT molecular complexity index is 945. The molecule has 32 heavy (non-hydrogen) atoms. The fourth-order valence-electron chi connectivity index (χ4n) is 4.37. The van der Waals surface area contributed by atoms with Gasteiger partial charge in [-0.15, -0.1) is 0 Å². The summed E-state index contributed by atoms with van der Waals surface area (Å²) in [4.78, 5) is 27.0. The molecule has 1 fully saturated rings. The summed E-state index contributed by atoms with van der Waals surface area (Å²) in [5, 5.41) is 5.05.